The highest BCUT2D eigenvalue weighted by Gasteiger charge is 2.18. The van der Waals surface area contributed by atoms with Crippen LogP contribution in [0.3, 0.4) is 0 Å². The Bertz CT molecular complexity index is 651. The predicted molar refractivity (Wildman–Crippen MR) is 74.7 cm³/mol. The molecular formula is C15H17N3O. The Morgan fingerprint density at radius 1 is 1.47 bits per heavy atom. The second-order valence-corrected chi connectivity index (χ2v) is 4.89. The number of fused-ring (bicyclic) bond motifs is 1. The van der Waals surface area contributed by atoms with Gasteiger partial charge in [0.2, 0.25) is 0 Å². The molecule has 1 aromatic carbocycles. The number of hydrogen-bond donors (Lipinski definition) is 0. The molecule has 2 aromatic rings. The summed E-state index contributed by atoms with van der Waals surface area (Å²) in [5.41, 5.74) is 1.72. The van der Waals surface area contributed by atoms with E-state index in [2.05, 4.69) is 6.07 Å². The molecule has 0 aliphatic heterocycles. The van der Waals surface area contributed by atoms with Gasteiger partial charge in [-0.3, -0.25) is 4.79 Å². The number of carbonyl (C=O) groups is 1. The quantitative estimate of drug-likeness (QED) is 0.845. The van der Waals surface area contributed by atoms with Crippen molar-refractivity contribution in [3.05, 3.63) is 36.0 Å². The van der Waals surface area contributed by atoms with E-state index in [4.69, 9.17) is 5.26 Å². The van der Waals surface area contributed by atoms with Crippen LogP contribution in [0.5, 0.6) is 0 Å². The van der Waals surface area contributed by atoms with Crippen molar-refractivity contribution in [2.75, 3.05) is 13.6 Å². The number of para-hydroxylation sites is 1. The lowest BCUT2D eigenvalue weighted by Gasteiger charge is -2.17. The van der Waals surface area contributed by atoms with E-state index in [0.717, 1.165) is 10.9 Å². The Labute approximate surface area is 112 Å². The Morgan fingerprint density at radius 2 is 2.16 bits per heavy atom. The molecule has 4 heteroatoms. The summed E-state index contributed by atoms with van der Waals surface area (Å²) in [6.45, 7) is 2.26. The number of rotatable bonds is 3. The largest absolute Gasteiger partial charge is 0.350 e. The number of amides is 1. The van der Waals surface area contributed by atoms with Crippen molar-refractivity contribution in [1.29, 1.82) is 5.26 Å². The summed E-state index contributed by atoms with van der Waals surface area (Å²) < 4.78 is 1.95. The molecule has 4 nitrogen and oxygen atoms in total. The zero-order chi connectivity index (χ0) is 14.0. The summed E-state index contributed by atoms with van der Waals surface area (Å²) in [4.78, 5) is 14.0. The molecule has 2 rings (SSSR count). The van der Waals surface area contributed by atoms with Crippen LogP contribution in [0.1, 0.15) is 17.3 Å². The Morgan fingerprint density at radius 3 is 2.84 bits per heavy atom. The minimum Gasteiger partial charge on any atom is -0.350 e. The van der Waals surface area contributed by atoms with Gasteiger partial charge in [0.25, 0.3) is 5.91 Å². The highest BCUT2D eigenvalue weighted by Crippen LogP contribution is 2.21. The van der Waals surface area contributed by atoms with Crippen LogP contribution in [0.25, 0.3) is 10.9 Å². The van der Waals surface area contributed by atoms with Gasteiger partial charge in [-0.1, -0.05) is 18.2 Å². The average Bonchev–Trinajstić information content (AvgIpc) is 2.75. The number of nitriles is 1. The number of hydrogen-bond acceptors (Lipinski definition) is 2. The van der Waals surface area contributed by atoms with Crippen molar-refractivity contribution in [2.24, 2.45) is 13.0 Å². The molecule has 1 atom stereocenters. The number of aromatic nitrogens is 1. The molecule has 0 unspecified atom stereocenters. The van der Waals surface area contributed by atoms with E-state index in [0.29, 0.717) is 12.1 Å². The second kappa shape index (κ2) is 5.15. The lowest BCUT2D eigenvalue weighted by atomic mass is 10.1. The maximum Gasteiger partial charge on any atom is 0.255 e. The average molecular weight is 255 g/mol. The number of aryl methyl sites for hydroxylation is 1. The van der Waals surface area contributed by atoms with Gasteiger partial charge in [-0.2, -0.15) is 5.26 Å². The minimum absolute atomic E-state index is 0.0427. The molecule has 0 aliphatic carbocycles. The van der Waals surface area contributed by atoms with Crippen LogP contribution in [0.15, 0.2) is 30.5 Å². The predicted octanol–water partition coefficient (Wildman–Crippen LogP) is 2.41. The minimum atomic E-state index is -0.163. The van der Waals surface area contributed by atoms with Gasteiger partial charge in [-0.05, 0) is 13.0 Å². The first-order chi connectivity index (χ1) is 9.04. The normalized spacial score (nSPS) is 12.1. The van der Waals surface area contributed by atoms with Crippen molar-refractivity contribution < 1.29 is 4.79 Å². The fourth-order valence-corrected chi connectivity index (χ4v) is 2.25. The molecule has 0 spiro atoms. The van der Waals surface area contributed by atoms with Crippen molar-refractivity contribution in [1.82, 2.24) is 9.47 Å². The van der Waals surface area contributed by atoms with Gasteiger partial charge in [-0.15, -0.1) is 0 Å². The third-order valence-electron chi connectivity index (χ3n) is 3.24. The summed E-state index contributed by atoms with van der Waals surface area (Å²) in [5.74, 6) is -0.206. The Balaban J connectivity index is 2.35. The van der Waals surface area contributed by atoms with Crippen LogP contribution in [-0.4, -0.2) is 29.0 Å². The van der Waals surface area contributed by atoms with Crippen LogP contribution in [0.4, 0.5) is 0 Å². The number of carbonyl (C=O) groups excluding carboxylic acids is 1. The topological polar surface area (TPSA) is 49.0 Å². The monoisotopic (exact) mass is 255 g/mol. The van der Waals surface area contributed by atoms with Crippen LogP contribution in [-0.2, 0) is 7.05 Å². The highest BCUT2D eigenvalue weighted by atomic mass is 16.2. The molecule has 0 aliphatic rings. The molecule has 1 aromatic heterocycles. The molecule has 0 fully saturated rings. The van der Waals surface area contributed by atoms with E-state index >= 15 is 0 Å². The molecule has 1 amide bonds. The van der Waals surface area contributed by atoms with Crippen LogP contribution in [0.2, 0.25) is 0 Å². The van der Waals surface area contributed by atoms with Crippen LogP contribution < -0.4 is 0 Å². The zero-order valence-corrected chi connectivity index (χ0v) is 11.4. The molecule has 0 radical (unpaired) electrons. The molecule has 0 bridgehead atoms. The van der Waals surface area contributed by atoms with Crippen LogP contribution in [0, 0.1) is 17.2 Å². The maximum atomic E-state index is 12.4. The summed E-state index contributed by atoms with van der Waals surface area (Å²) >= 11 is 0. The van der Waals surface area contributed by atoms with E-state index < -0.39 is 0 Å². The zero-order valence-electron chi connectivity index (χ0n) is 11.4. The van der Waals surface area contributed by atoms with E-state index in [-0.39, 0.29) is 11.8 Å². The summed E-state index contributed by atoms with van der Waals surface area (Å²) in [6, 6.07) is 9.97. The highest BCUT2D eigenvalue weighted by molar-refractivity contribution is 6.06. The Hall–Kier alpha value is -2.28. The molecule has 1 heterocycles. The van der Waals surface area contributed by atoms with Crippen molar-refractivity contribution in [3.8, 4) is 6.07 Å². The van der Waals surface area contributed by atoms with Gasteiger partial charge >= 0.3 is 0 Å². The van der Waals surface area contributed by atoms with Gasteiger partial charge in [0.05, 0.1) is 17.6 Å². The summed E-state index contributed by atoms with van der Waals surface area (Å²) in [6.07, 6.45) is 1.85. The lowest BCUT2D eigenvalue weighted by Crippen LogP contribution is -2.30. The summed E-state index contributed by atoms with van der Waals surface area (Å²) in [7, 11) is 3.66. The number of nitrogens with zero attached hydrogens (tertiary/aromatic N) is 3. The second-order valence-electron chi connectivity index (χ2n) is 4.89. The Kier molecular flexibility index (Phi) is 3.57. The van der Waals surface area contributed by atoms with E-state index in [9.17, 15) is 4.79 Å². The third-order valence-corrected chi connectivity index (χ3v) is 3.24. The van der Waals surface area contributed by atoms with Crippen LogP contribution >= 0.6 is 0 Å². The van der Waals surface area contributed by atoms with Gasteiger partial charge in [0.1, 0.15) is 0 Å². The van der Waals surface area contributed by atoms with E-state index in [1.807, 2.05) is 49.0 Å². The third kappa shape index (κ3) is 2.45. The molecule has 0 N–H and O–H groups in total. The van der Waals surface area contributed by atoms with Crippen molar-refractivity contribution in [3.63, 3.8) is 0 Å². The maximum absolute atomic E-state index is 12.4. The first-order valence-electron chi connectivity index (χ1n) is 6.23. The molecular weight excluding hydrogens is 238 g/mol. The van der Waals surface area contributed by atoms with E-state index in [1.54, 1.807) is 11.9 Å². The molecule has 19 heavy (non-hydrogen) atoms. The van der Waals surface area contributed by atoms with Gasteiger partial charge in [0, 0.05) is 37.7 Å². The SMILES string of the molecule is C[C@H](C#N)CN(C)C(=O)c1cn(C)c2ccccc12. The molecule has 98 valence electrons. The van der Waals surface area contributed by atoms with Gasteiger partial charge in [0.15, 0.2) is 0 Å². The van der Waals surface area contributed by atoms with Gasteiger partial charge in [-0.25, -0.2) is 0 Å². The first kappa shape index (κ1) is 13.2. The van der Waals surface area contributed by atoms with Gasteiger partial charge < -0.3 is 9.47 Å². The summed E-state index contributed by atoms with van der Waals surface area (Å²) in [5, 5.41) is 9.77. The lowest BCUT2D eigenvalue weighted by molar-refractivity contribution is 0.0787. The fraction of sp³-hybridized carbons (Fsp3) is 0.333. The fourth-order valence-electron chi connectivity index (χ4n) is 2.25. The molecule has 0 saturated heterocycles. The van der Waals surface area contributed by atoms with E-state index in [1.165, 1.54) is 0 Å². The first-order valence-corrected chi connectivity index (χ1v) is 6.23. The smallest absolute Gasteiger partial charge is 0.255 e. The number of benzene rings is 1. The standard InChI is InChI=1S/C15H17N3O/c1-11(8-16)9-18(3)15(19)13-10-17(2)14-7-5-4-6-12(13)14/h4-7,10-11H,9H2,1-3H3/t11-/m1/s1. The van der Waals surface area contributed by atoms with Crippen molar-refractivity contribution >= 4 is 16.8 Å². The van der Waals surface area contributed by atoms with Crippen molar-refractivity contribution in [2.45, 2.75) is 6.92 Å². The molecule has 0 saturated carbocycles.